The zero-order valence-corrected chi connectivity index (χ0v) is 17.3. The van der Waals surface area contributed by atoms with E-state index in [9.17, 15) is 14.4 Å². The predicted octanol–water partition coefficient (Wildman–Crippen LogP) is 2.07. The van der Waals surface area contributed by atoms with Gasteiger partial charge in [-0.25, -0.2) is 0 Å². The van der Waals surface area contributed by atoms with E-state index in [2.05, 4.69) is 22.8 Å². The summed E-state index contributed by atoms with van der Waals surface area (Å²) in [7, 11) is 0. The van der Waals surface area contributed by atoms with Crippen molar-refractivity contribution < 1.29 is 14.4 Å². The molecular weight excluding hydrogens is 392 g/mol. The lowest BCUT2D eigenvalue weighted by Crippen LogP contribution is -2.52. The Bertz CT molecular complexity index is 1070. The molecule has 4 N–H and O–H groups in total. The van der Waals surface area contributed by atoms with Crippen LogP contribution >= 0.6 is 0 Å². The highest BCUT2D eigenvalue weighted by Crippen LogP contribution is 2.35. The first-order valence-electron chi connectivity index (χ1n) is 10.9. The molecule has 5 rings (SSSR count). The zero-order chi connectivity index (χ0) is 21.5. The van der Waals surface area contributed by atoms with Crippen LogP contribution in [0.15, 0.2) is 42.5 Å². The van der Waals surface area contributed by atoms with Gasteiger partial charge in [-0.1, -0.05) is 36.4 Å². The summed E-state index contributed by atoms with van der Waals surface area (Å²) >= 11 is 0. The largest absolute Gasteiger partial charge is 0.324 e. The average Bonchev–Trinajstić information content (AvgIpc) is 3.09. The van der Waals surface area contributed by atoms with Crippen LogP contribution < -0.4 is 16.4 Å². The van der Waals surface area contributed by atoms with Gasteiger partial charge in [0.15, 0.2) is 0 Å². The Hall–Kier alpha value is -3.03. The molecule has 3 atom stereocenters. The molecule has 1 aliphatic carbocycles. The highest BCUT2D eigenvalue weighted by atomic mass is 16.2. The molecule has 0 radical (unpaired) electrons. The van der Waals surface area contributed by atoms with E-state index >= 15 is 0 Å². The van der Waals surface area contributed by atoms with Gasteiger partial charge in [-0.3, -0.25) is 19.7 Å². The minimum absolute atomic E-state index is 0.0881. The Morgan fingerprint density at radius 3 is 2.65 bits per heavy atom. The number of nitrogens with zero attached hydrogens (tertiary/aromatic N) is 1. The molecule has 1 fully saturated rings. The number of rotatable bonds is 4. The second-order valence-corrected chi connectivity index (χ2v) is 8.64. The van der Waals surface area contributed by atoms with Gasteiger partial charge < -0.3 is 16.0 Å². The number of amides is 3. The van der Waals surface area contributed by atoms with Crippen LogP contribution in [0.4, 0.5) is 0 Å². The molecule has 7 heteroatoms. The van der Waals surface area contributed by atoms with Gasteiger partial charge in [0, 0.05) is 37.2 Å². The van der Waals surface area contributed by atoms with Gasteiger partial charge in [-0.15, -0.1) is 0 Å². The molecule has 0 spiro atoms. The van der Waals surface area contributed by atoms with Gasteiger partial charge in [0.25, 0.3) is 5.91 Å². The van der Waals surface area contributed by atoms with Crippen molar-refractivity contribution in [2.75, 3.05) is 0 Å². The van der Waals surface area contributed by atoms with Crippen molar-refractivity contribution in [1.29, 1.82) is 0 Å². The molecule has 3 amide bonds. The fourth-order valence-corrected chi connectivity index (χ4v) is 4.99. The summed E-state index contributed by atoms with van der Waals surface area (Å²) in [6.45, 7) is 1.05. The van der Waals surface area contributed by atoms with Gasteiger partial charge in [-0.2, -0.15) is 0 Å². The summed E-state index contributed by atoms with van der Waals surface area (Å²) in [6.07, 6.45) is 2.56. The Balaban J connectivity index is 1.29. The van der Waals surface area contributed by atoms with Gasteiger partial charge in [0.2, 0.25) is 11.8 Å². The molecule has 0 saturated carbocycles. The van der Waals surface area contributed by atoms with Crippen LogP contribution in [0.3, 0.4) is 0 Å². The van der Waals surface area contributed by atoms with E-state index in [1.807, 2.05) is 30.3 Å². The maximum Gasteiger partial charge on any atom is 0.255 e. The number of fused-ring (bicyclic) bond motifs is 2. The van der Waals surface area contributed by atoms with Crippen LogP contribution in [-0.4, -0.2) is 28.7 Å². The van der Waals surface area contributed by atoms with E-state index in [0.717, 1.165) is 24.0 Å². The topological polar surface area (TPSA) is 105 Å². The van der Waals surface area contributed by atoms with Gasteiger partial charge in [-0.05, 0) is 47.6 Å². The molecular formula is C24H26N4O3. The summed E-state index contributed by atoms with van der Waals surface area (Å²) in [5.74, 6) is -0.794. The average molecular weight is 418 g/mol. The summed E-state index contributed by atoms with van der Waals surface area (Å²) in [5, 5.41) is 5.97. The highest BCUT2D eigenvalue weighted by Gasteiger charge is 2.39. The van der Waals surface area contributed by atoms with Crippen molar-refractivity contribution >= 4 is 17.7 Å². The van der Waals surface area contributed by atoms with Gasteiger partial charge in [0.1, 0.15) is 6.04 Å². The molecule has 3 aliphatic rings. The summed E-state index contributed by atoms with van der Waals surface area (Å²) < 4.78 is 0. The smallest absolute Gasteiger partial charge is 0.255 e. The maximum absolute atomic E-state index is 13.0. The van der Waals surface area contributed by atoms with Gasteiger partial charge in [0.05, 0.1) is 0 Å². The van der Waals surface area contributed by atoms with E-state index in [1.54, 1.807) is 4.90 Å². The number of piperidine rings is 1. The monoisotopic (exact) mass is 418 g/mol. The first-order valence-corrected chi connectivity index (χ1v) is 10.9. The van der Waals surface area contributed by atoms with Crippen molar-refractivity contribution in [3.63, 3.8) is 0 Å². The Labute approximate surface area is 181 Å². The van der Waals surface area contributed by atoms with Crippen LogP contribution in [0.5, 0.6) is 0 Å². The maximum atomic E-state index is 13.0. The molecule has 1 saturated heterocycles. The van der Waals surface area contributed by atoms with E-state index in [4.69, 9.17) is 5.73 Å². The second-order valence-electron chi connectivity index (χ2n) is 8.64. The minimum Gasteiger partial charge on any atom is -0.324 e. The third-order valence-corrected chi connectivity index (χ3v) is 6.68. The molecule has 160 valence electrons. The number of benzene rings is 2. The SMILES string of the molecule is NC1CCC(NCc2ccc3c(c2)C(=O)N(C2CCC(=O)NC2=O)C3)c2ccccc21. The predicted molar refractivity (Wildman–Crippen MR) is 115 cm³/mol. The van der Waals surface area contributed by atoms with Crippen molar-refractivity contribution in [3.05, 3.63) is 70.3 Å². The van der Waals surface area contributed by atoms with Crippen LogP contribution in [-0.2, 0) is 22.7 Å². The Morgan fingerprint density at radius 1 is 1.03 bits per heavy atom. The van der Waals surface area contributed by atoms with Crippen LogP contribution in [0.1, 0.15) is 70.4 Å². The molecule has 31 heavy (non-hydrogen) atoms. The van der Waals surface area contributed by atoms with Crippen molar-refractivity contribution in [2.45, 2.75) is 56.9 Å². The molecule has 2 aromatic rings. The first kappa shape index (κ1) is 19.9. The third-order valence-electron chi connectivity index (χ3n) is 6.68. The highest BCUT2D eigenvalue weighted by molar-refractivity contribution is 6.05. The van der Waals surface area contributed by atoms with E-state index in [-0.39, 0.29) is 36.2 Å². The number of hydrogen-bond acceptors (Lipinski definition) is 5. The van der Waals surface area contributed by atoms with Crippen LogP contribution in [0, 0.1) is 0 Å². The van der Waals surface area contributed by atoms with Crippen molar-refractivity contribution in [3.8, 4) is 0 Å². The lowest BCUT2D eigenvalue weighted by Gasteiger charge is -2.30. The molecule has 0 aromatic heterocycles. The molecule has 2 aliphatic heterocycles. The number of nitrogens with two attached hydrogens (primary N) is 1. The first-order chi connectivity index (χ1) is 15.0. The van der Waals surface area contributed by atoms with Crippen LogP contribution in [0.25, 0.3) is 0 Å². The Morgan fingerprint density at radius 2 is 1.84 bits per heavy atom. The molecule has 7 nitrogen and oxygen atoms in total. The standard InChI is InChI=1S/C24H26N4O3/c25-19-7-8-20(17-4-2-1-3-16(17)19)26-12-14-5-6-15-13-28(24(31)18(15)11-14)21-9-10-22(29)27-23(21)30/h1-6,11,19-21,26H,7-10,12-13,25H2,(H,27,29,30). The number of carbonyl (C=O) groups excluding carboxylic acids is 3. The summed E-state index contributed by atoms with van der Waals surface area (Å²) in [4.78, 5) is 38.2. The lowest BCUT2D eigenvalue weighted by atomic mass is 9.84. The Kier molecular flexibility index (Phi) is 5.08. The molecule has 2 aromatic carbocycles. The number of carbonyl (C=O) groups is 3. The van der Waals surface area contributed by atoms with E-state index in [1.165, 1.54) is 11.1 Å². The second kappa shape index (κ2) is 7.90. The number of nitrogens with one attached hydrogen (secondary N) is 2. The third kappa shape index (κ3) is 3.64. The van der Waals surface area contributed by atoms with Crippen molar-refractivity contribution in [2.24, 2.45) is 5.73 Å². The number of hydrogen-bond donors (Lipinski definition) is 3. The quantitative estimate of drug-likeness (QED) is 0.660. The number of imide groups is 1. The van der Waals surface area contributed by atoms with Crippen LogP contribution in [0.2, 0.25) is 0 Å². The lowest BCUT2D eigenvalue weighted by molar-refractivity contribution is -0.136. The molecule has 2 heterocycles. The molecule has 0 bridgehead atoms. The van der Waals surface area contributed by atoms with E-state index in [0.29, 0.717) is 25.1 Å². The molecule has 3 unspecified atom stereocenters. The normalized spacial score (nSPS) is 25.3. The van der Waals surface area contributed by atoms with Crippen molar-refractivity contribution in [1.82, 2.24) is 15.5 Å². The van der Waals surface area contributed by atoms with Gasteiger partial charge >= 0.3 is 0 Å². The van der Waals surface area contributed by atoms with E-state index < -0.39 is 6.04 Å². The summed E-state index contributed by atoms with van der Waals surface area (Å²) in [5.41, 5.74) is 11.3. The fourth-order valence-electron chi connectivity index (χ4n) is 4.99. The minimum atomic E-state index is -0.581. The zero-order valence-electron chi connectivity index (χ0n) is 17.3. The fraction of sp³-hybridized carbons (Fsp3) is 0.375. The summed E-state index contributed by atoms with van der Waals surface area (Å²) in [6, 6.07) is 14.0.